The molecule has 1 aromatic heterocycles. The lowest BCUT2D eigenvalue weighted by molar-refractivity contribution is 0.0950. The van der Waals surface area contributed by atoms with E-state index in [1.807, 2.05) is 0 Å². The number of halogens is 1. The van der Waals surface area contributed by atoms with Gasteiger partial charge in [0.25, 0.3) is 11.8 Å². The Labute approximate surface area is 158 Å². The minimum absolute atomic E-state index is 0.145. The van der Waals surface area contributed by atoms with Crippen LogP contribution in [0.25, 0.3) is 0 Å². The molecule has 3 rings (SSSR count). The zero-order chi connectivity index (χ0) is 19.2. The number of carbonyl (C=O) groups is 2. The highest BCUT2D eigenvalue weighted by Crippen LogP contribution is 2.15. The molecule has 0 fully saturated rings. The predicted octanol–water partition coefficient (Wildman–Crippen LogP) is 2.87. The van der Waals surface area contributed by atoms with Crippen molar-refractivity contribution in [1.82, 2.24) is 15.5 Å². The highest BCUT2D eigenvalue weighted by molar-refractivity contribution is 7.13. The Balaban J connectivity index is 1.56. The molecule has 1 heterocycles. The summed E-state index contributed by atoms with van der Waals surface area (Å²) >= 11 is 1.06. The van der Waals surface area contributed by atoms with Crippen LogP contribution in [0, 0.1) is 5.82 Å². The predicted molar refractivity (Wildman–Crippen MR) is 98.4 cm³/mol. The Morgan fingerprint density at radius 2 is 1.74 bits per heavy atom. The summed E-state index contributed by atoms with van der Waals surface area (Å²) in [6.45, 7) is 0.145. The van der Waals surface area contributed by atoms with Crippen molar-refractivity contribution in [1.29, 1.82) is 0 Å². The van der Waals surface area contributed by atoms with Gasteiger partial charge in [-0.2, -0.15) is 0 Å². The minimum Gasteiger partial charge on any atom is -0.497 e. The molecule has 138 valence electrons. The van der Waals surface area contributed by atoms with E-state index in [-0.39, 0.29) is 23.3 Å². The first-order valence-electron chi connectivity index (χ1n) is 7.86. The number of nitrogens with one attached hydrogen (secondary N) is 2. The van der Waals surface area contributed by atoms with Gasteiger partial charge in [-0.15, -0.1) is 10.2 Å². The van der Waals surface area contributed by atoms with Gasteiger partial charge in [-0.25, -0.2) is 4.39 Å². The number of nitrogens with zero attached hydrogens (tertiary/aromatic N) is 2. The van der Waals surface area contributed by atoms with E-state index in [0.717, 1.165) is 11.3 Å². The third kappa shape index (κ3) is 4.85. The molecule has 0 saturated carbocycles. The van der Waals surface area contributed by atoms with E-state index in [1.165, 1.54) is 24.3 Å². The SMILES string of the molecule is COc1ccc(C(=O)NCc2nnc(C(=O)Nc3ccc(F)cc3)s2)cc1. The van der Waals surface area contributed by atoms with E-state index >= 15 is 0 Å². The third-order valence-electron chi connectivity index (χ3n) is 3.52. The molecule has 7 nitrogen and oxygen atoms in total. The van der Waals surface area contributed by atoms with Gasteiger partial charge in [-0.1, -0.05) is 11.3 Å². The summed E-state index contributed by atoms with van der Waals surface area (Å²) in [5.74, 6) is -0.455. The maximum atomic E-state index is 12.9. The molecule has 0 bridgehead atoms. The second-order valence-corrected chi connectivity index (χ2v) is 6.44. The molecule has 0 aliphatic heterocycles. The van der Waals surface area contributed by atoms with Crippen LogP contribution in [0.3, 0.4) is 0 Å². The number of methoxy groups -OCH3 is 1. The summed E-state index contributed by atoms with van der Waals surface area (Å²) in [5, 5.41) is 13.7. The van der Waals surface area contributed by atoms with Crippen LogP contribution in [0.4, 0.5) is 10.1 Å². The number of anilines is 1. The van der Waals surface area contributed by atoms with E-state index in [0.29, 0.717) is 22.0 Å². The van der Waals surface area contributed by atoms with Crippen molar-refractivity contribution in [3.63, 3.8) is 0 Å². The molecule has 0 radical (unpaired) electrons. The van der Waals surface area contributed by atoms with Crippen LogP contribution in [0.2, 0.25) is 0 Å². The number of carbonyl (C=O) groups excluding carboxylic acids is 2. The summed E-state index contributed by atoms with van der Waals surface area (Å²) in [7, 11) is 1.55. The Morgan fingerprint density at radius 3 is 2.41 bits per heavy atom. The van der Waals surface area contributed by atoms with Gasteiger partial charge in [0.15, 0.2) is 0 Å². The van der Waals surface area contributed by atoms with E-state index < -0.39 is 5.91 Å². The third-order valence-corrected chi connectivity index (χ3v) is 4.44. The van der Waals surface area contributed by atoms with Crippen LogP contribution in [0.1, 0.15) is 25.2 Å². The molecular formula is C18H15FN4O3S. The minimum atomic E-state index is -0.452. The Morgan fingerprint density at radius 1 is 1.04 bits per heavy atom. The number of ether oxygens (including phenoxy) is 1. The van der Waals surface area contributed by atoms with E-state index in [4.69, 9.17) is 4.74 Å². The van der Waals surface area contributed by atoms with Gasteiger partial charge in [-0.05, 0) is 48.5 Å². The summed E-state index contributed by atoms with van der Waals surface area (Å²) in [6, 6.07) is 12.1. The number of aromatic nitrogens is 2. The van der Waals surface area contributed by atoms with Crippen LogP contribution in [0.15, 0.2) is 48.5 Å². The monoisotopic (exact) mass is 386 g/mol. The lowest BCUT2D eigenvalue weighted by Crippen LogP contribution is -2.22. The number of rotatable bonds is 6. The van der Waals surface area contributed by atoms with Crippen molar-refractivity contribution in [2.24, 2.45) is 0 Å². The van der Waals surface area contributed by atoms with Crippen LogP contribution in [-0.2, 0) is 6.54 Å². The summed E-state index contributed by atoms with van der Waals surface area (Å²) in [5.41, 5.74) is 0.931. The van der Waals surface area contributed by atoms with Crippen LogP contribution < -0.4 is 15.4 Å². The molecule has 0 aliphatic carbocycles. The van der Waals surface area contributed by atoms with Crippen LogP contribution in [0.5, 0.6) is 5.75 Å². The van der Waals surface area contributed by atoms with Crippen LogP contribution in [-0.4, -0.2) is 29.1 Å². The summed E-state index contributed by atoms with van der Waals surface area (Å²) < 4.78 is 17.9. The number of hydrogen-bond acceptors (Lipinski definition) is 6. The van der Waals surface area contributed by atoms with Crippen molar-refractivity contribution >= 4 is 28.8 Å². The fourth-order valence-corrected chi connectivity index (χ4v) is 2.81. The number of hydrogen-bond donors (Lipinski definition) is 2. The van der Waals surface area contributed by atoms with Crippen molar-refractivity contribution in [3.8, 4) is 5.75 Å². The molecule has 27 heavy (non-hydrogen) atoms. The molecule has 0 spiro atoms. The molecule has 2 amide bonds. The van der Waals surface area contributed by atoms with Gasteiger partial charge < -0.3 is 15.4 Å². The Hall–Kier alpha value is -3.33. The molecule has 9 heteroatoms. The normalized spacial score (nSPS) is 10.3. The van der Waals surface area contributed by atoms with E-state index in [9.17, 15) is 14.0 Å². The Kier molecular flexibility index (Phi) is 5.72. The average molecular weight is 386 g/mol. The summed E-state index contributed by atoms with van der Waals surface area (Å²) in [6.07, 6.45) is 0. The molecular weight excluding hydrogens is 371 g/mol. The highest BCUT2D eigenvalue weighted by Gasteiger charge is 2.14. The van der Waals surface area contributed by atoms with Crippen molar-refractivity contribution in [2.45, 2.75) is 6.54 Å². The first kappa shape index (κ1) is 18.5. The molecule has 0 saturated heterocycles. The largest absolute Gasteiger partial charge is 0.497 e. The molecule has 0 aliphatic rings. The standard InChI is InChI=1S/C18H15FN4O3S/c1-26-14-8-2-11(3-9-14)16(24)20-10-15-22-23-18(27-15)17(25)21-13-6-4-12(19)5-7-13/h2-9H,10H2,1H3,(H,20,24)(H,21,25). The molecule has 2 N–H and O–H groups in total. The molecule has 0 unspecified atom stereocenters. The van der Waals surface area contributed by atoms with Crippen molar-refractivity contribution < 1.29 is 18.7 Å². The fraction of sp³-hybridized carbons (Fsp3) is 0.111. The smallest absolute Gasteiger partial charge is 0.286 e. The van der Waals surface area contributed by atoms with Gasteiger partial charge in [0.05, 0.1) is 13.7 Å². The van der Waals surface area contributed by atoms with Crippen molar-refractivity contribution in [2.75, 3.05) is 12.4 Å². The second-order valence-electron chi connectivity index (χ2n) is 5.37. The van der Waals surface area contributed by atoms with Gasteiger partial charge in [0.2, 0.25) is 5.01 Å². The molecule has 2 aromatic carbocycles. The first-order chi connectivity index (χ1) is 13.0. The zero-order valence-corrected chi connectivity index (χ0v) is 15.0. The van der Waals surface area contributed by atoms with Gasteiger partial charge in [0, 0.05) is 11.3 Å². The van der Waals surface area contributed by atoms with Gasteiger partial charge in [-0.3, -0.25) is 9.59 Å². The lowest BCUT2D eigenvalue weighted by atomic mass is 10.2. The van der Waals surface area contributed by atoms with Crippen LogP contribution >= 0.6 is 11.3 Å². The quantitative estimate of drug-likeness (QED) is 0.680. The first-order valence-corrected chi connectivity index (χ1v) is 8.68. The van der Waals surface area contributed by atoms with Gasteiger partial charge in [0.1, 0.15) is 16.6 Å². The number of amides is 2. The summed E-state index contributed by atoms with van der Waals surface area (Å²) in [4.78, 5) is 24.3. The Bertz CT molecular complexity index is 942. The zero-order valence-electron chi connectivity index (χ0n) is 14.2. The van der Waals surface area contributed by atoms with E-state index in [2.05, 4.69) is 20.8 Å². The average Bonchev–Trinajstić information content (AvgIpc) is 3.17. The topological polar surface area (TPSA) is 93.2 Å². The second kappa shape index (κ2) is 8.37. The lowest BCUT2D eigenvalue weighted by Gasteiger charge is -2.04. The van der Waals surface area contributed by atoms with E-state index in [1.54, 1.807) is 31.4 Å². The van der Waals surface area contributed by atoms with Crippen molar-refractivity contribution in [3.05, 3.63) is 69.9 Å². The molecule has 0 atom stereocenters. The fourth-order valence-electron chi connectivity index (χ4n) is 2.13. The number of benzene rings is 2. The van der Waals surface area contributed by atoms with Gasteiger partial charge >= 0.3 is 0 Å². The maximum Gasteiger partial charge on any atom is 0.286 e. The highest BCUT2D eigenvalue weighted by atomic mass is 32.1. The molecule has 3 aromatic rings. The maximum absolute atomic E-state index is 12.9.